The standard InChI is InChI=1S/C16H24O4/c1-15-7-10-13-11(17)8-16(15,14(10)13)4-3-12(15)20-9-19-6-5-18-2/h10,12-14H,3-9H2,1-2H3/t10-,12-,13-,14+,15+,16-/m1/s1. The number of ketones is 1. The molecule has 0 unspecified atom stereocenters. The molecule has 0 bridgehead atoms. The summed E-state index contributed by atoms with van der Waals surface area (Å²) in [5, 5.41) is 0. The summed E-state index contributed by atoms with van der Waals surface area (Å²) in [5.74, 6) is 2.35. The lowest BCUT2D eigenvalue weighted by atomic mass is 9.66. The van der Waals surface area contributed by atoms with Crippen molar-refractivity contribution in [3.8, 4) is 0 Å². The molecule has 20 heavy (non-hydrogen) atoms. The highest BCUT2D eigenvalue weighted by molar-refractivity contribution is 5.89. The third-order valence-electron chi connectivity index (χ3n) is 6.81. The quantitative estimate of drug-likeness (QED) is 0.551. The molecule has 0 radical (unpaired) electrons. The minimum absolute atomic E-state index is 0.204. The average Bonchev–Trinajstić information content (AvgIpc) is 2.87. The maximum Gasteiger partial charge on any atom is 0.147 e. The zero-order valence-corrected chi connectivity index (χ0v) is 12.4. The van der Waals surface area contributed by atoms with Crippen LogP contribution in [-0.4, -0.2) is 39.0 Å². The van der Waals surface area contributed by atoms with E-state index in [2.05, 4.69) is 6.92 Å². The number of carbonyl (C=O) groups is 1. The van der Waals surface area contributed by atoms with Gasteiger partial charge in [-0.2, -0.15) is 0 Å². The van der Waals surface area contributed by atoms with Crippen LogP contribution in [0.4, 0.5) is 0 Å². The van der Waals surface area contributed by atoms with Crippen molar-refractivity contribution in [3.63, 3.8) is 0 Å². The molecule has 112 valence electrons. The number of methoxy groups -OCH3 is 1. The molecule has 0 aromatic rings. The van der Waals surface area contributed by atoms with Crippen LogP contribution in [0.25, 0.3) is 0 Å². The number of fused-ring (bicyclic) bond motifs is 1. The Morgan fingerprint density at radius 2 is 2.20 bits per heavy atom. The van der Waals surface area contributed by atoms with Crippen molar-refractivity contribution < 1.29 is 19.0 Å². The predicted octanol–water partition coefficient (Wildman–Crippen LogP) is 2.02. The van der Waals surface area contributed by atoms with Crippen LogP contribution in [-0.2, 0) is 19.0 Å². The summed E-state index contributed by atoms with van der Waals surface area (Å²) >= 11 is 0. The molecule has 4 heteroatoms. The normalized spacial score (nSPS) is 51.4. The van der Waals surface area contributed by atoms with E-state index >= 15 is 0 Å². The lowest BCUT2D eigenvalue weighted by Crippen LogP contribution is -2.40. The van der Waals surface area contributed by atoms with Crippen molar-refractivity contribution in [1.29, 1.82) is 0 Å². The first-order chi connectivity index (χ1) is 9.64. The van der Waals surface area contributed by atoms with Crippen molar-refractivity contribution in [2.75, 3.05) is 27.1 Å². The lowest BCUT2D eigenvalue weighted by molar-refractivity contribution is -0.136. The number of hydrogen-bond donors (Lipinski definition) is 0. The SMILES string of the molecule is COCCOCO[C@@H]1CC[C@]23CC(=O)[C@H]4[C@@H](C[C@@]12C)[C@@H]43. The molecule has 0 aromatic carbocycles. The highest BCUT2D eigenvalue weighted by Crippen LogP contribution is 2.83. The zero-order chi connectivity index (χ0) is 14.0. The van der Waals surface area contributed by atoms with Crippen molar-refractivity contribution in [3.05, 3.63) is 0 Å². The van der Waals surface area contributed by atoms with Gasteiger partial charge in [0, 0.05) is 24.9 Å². The van der Waals surface area contributed by atoms with E-state index in [4.69, 9.17) is 14.2 Å². The molecule has 6 atom stereocenters. The van der Waals surface area contributed by atoms with Crippen LogP contribution in [0.3, 0.4) is 0 Å². The zero-order valence-electron chi connectivity index (χ0n) is 12.4. The lowest BCUT2D eigenvalue weighted by Gasteiger charge is -2.40. The third kappa shape index (κ3) is 1.45. The molecule has 4 saturated carbocycles. The van der Waals surface area contributed by atoms with Crippen LogP contribution in [0.15, 0.2) is 0 Å². The molecule has 0 amide bonds. The summed E-state index contributed by atoms with van der Waals surface area (Å²) in [6.07, 6.45) is 4.55. The van der Waals surface area contributed by atoms with Crippen LogP contribution >= 0.6 is 0 Å². The Morgan fingerprint density at radius 1 is 1.35 bits per heavy atom. The molecule has 0 aliphatic heterocycles. The van der Waals surface area contributed by atoms with Gasteiger partial charge in [0.15, 0.2) is 0 Å². The molecule has 1 spiro atoms. The third-order valence-corrected chi connectivity index (χ3v) is 6.81. The van der Waals surface area contributed by atoms with Gasteiger partial charge in [0.05, 0.1) is 19.3 Å². The summed E-state index contributed by atoms with van der Waals surface area (Å²) in [6, 6.07) is 0. The van der Waals surface area contributed by atoms with Gasteiger partial charge in [-0.3, -0.25) is 4.79 Å². The van der Waals surface area contributed by atoms with E-state index in [1.165, 1.54) is 12.8 Å². The second kappa shape index (κ2) is 4.28. The fourth-order valence-electron chi connectivity index (χ4n) is 5.94. The van der Waals surface area contributed by atoms with Crippen LogP contribution in [0.1, 0.15) is 32.6 Å². The highest BCUT2D eigenvalue weighted by Gasteiger charge is 2.82. The molecule has 0 saturated heterocycles. The molecular weight excluding hydrogens is 256 g/mol. The number of rotatable bonds is 6. The predicted molar refractivity (Wildman–Crippen MR) is 72.1 cm³/mol. The Kier molecular flexibility index (Phi) is 2.83. The Labute approximate surface area is 120 Å². The first kappa shape index (κ1) is 13.2. The van der Waals surface area contributed by atoms with Crippen LogP contribution in [0.2, 0.25) is 0 Å². The molecule has 0 N–H and O–H groups in total. The Hall–Kier alpha value is -0.450. The fourth-order valence-corrected chi connectivity index (χ4v) is 5.94. The molecule has 4 nitrogen and oxygen atoms in total. The van der Waals surface area contributed by atoms with Gasteiger partial charge in [-0.1, -0.05) is 6.92 Å². The van der Waals surface area contributed by atoms with E-state index in [1.54, 1.807) is 7.11 Å². The van der Waals surface area contributed by atoms with E-state index < -0.39 is 0 Å². The molecule has 0 heterocycles. The molecule has 4 fully saturated rings. The molecular formula is C16H24O4. The number of Topliss-reactive ketones (excluding diaryl/α,β-unsaturated/α-hetero) is 1. The van der Waals surface area contributed by atoms with Crippen LogP contribution in [0.5, 0.6) is 0 Å². The van der Waals surface area contributed by atoms with Gasteiger partial charge < -0.3 is 14.2 Å². The van der Waals surface area contributed by atoms with Crippen molar-refractivity contribution in [1.82, 2.24) is 0 Å². The topological polar surface area (TPSA) is 44.8 Å². The maximum atomic E-state index is 12.1. The van der Waals surface area contributed by atoms with Gasteiger partial charge in [0.2, 0.25) is 0 Å². The smallest absolute Gasteiger partial charge is 0.147 e. The molecule has 4 aliphatic carbocycles. The van der Waals surface area contributed by atoms with Crippen LogP contribution < -0.4 is 0 Å². The van der Waals surface area contributed by atoms with E-state index in [0.717, 1.165) is 12.8 Å². The summed E-state index contributed by atoms with van der Waals surface area (Å²) in [5.41, 5.74) is 0.478. The first-order valence-electron chi connectivity index (χ1n) is 7.85. The molecule has 0 aromatic heterocycles. The van der Waals surface area contributed by atoms with Crippen molar-refractivity contribution >= 4 is 5.78 Å². The van der Waals surface area contributed by atoms with Crippen LogP contribution in [0, 0.1) is 28.6 Å². The maximum absolute atomic E-state index is 12.1. The van der Waals surface area contributed by atoms with Gasteiger partial charge in [0.1, 0.15) is 12.6 Å². The fraction of sp³-hybridized carbons (Fsp3) is 0.938. The summed E-state index contributed by atoms with van der Waals surface area (Å²) in [6.45, 7) is 3.90. The van der Waals surface area contributed by atoms with Gasteiger partial charge in [-0.15, -0.1) is 0 Å². The molecule has 4 aliphatic rings. The van der Waals surface area contributed by atoms with Gasteiger partial charge in [-0.25, -0.2) is 0 Å². The minimum Gasteiger partial charge on any atom is -0.382 e. The first-order valence-corrected chi connectivity index (χ1v) is 7.85. The number of hydrogen-bond acceptors (Lipinski definition) is 4. The van der Waals surface area contributed by atoms with Gasteiger partial charge >= 0.3 is 0 Å². The van der Waals surface area contributed by atoms with E-state index in [0.29, 0.717) is 43.5 Å². The van der Waals surface area contributed by atoms with Crippen molar-refractivity contribution in [2.45, 2.75) is 38.7 Å². The highest BCUT2D eigenvalue weighted by atomic mass is 16.7. The number of ether oxygens (including phenoxy) is 3. The van der Waals surface area contributed by atoms with E-state index in [1.807, 2.05) is 0 Å². The summed E-state index contributed by atoms with van der Waals surface area (Å²) in [4.78, 5) is 12.1. The second-order valence-corrected chi connectivity index (χ2v) is 7.35. The monoisotopic (exact) mass is 280 g/mol. The van der Waals surface area contributed by atoms with Gasteiger partial charge in [0.25, 0.3) is 0 Å². The Bertz CT molecular complexity index is 436. The van der Waals surface area contributed by atoms with E-state index in [-0.39, 0.29) is 16.9 Å². The largest absolute Gasteiger partial charge is 0.382 e. The van der Waals surface area contributed by atoms with E-state index in [9.17, 15) is 4.79 Å². The Morgan fingerprint density at radius 3 is 3.00 bits per heavy atom. The Balaban J connectivity index is 1.41. The molecule has 4 rings (SSSR count). The summed E-state index contributed by atoms with van der Waals surface area (Å²) in [7, 11) is 1.67. The summed E-state index contributed by atoms with van der Waals surface area (Å²) < 4.78 is 16.4. The van der Waals surface area contributed by atoms with Gasteiger partial charge in [-0.05, 0) is 36.5 Å². The average molecular weight is 280 g/mol. The minimum atomic E-state index is 0.204. The van der Waals surface area contributed by atoms with Crippen molar-refractivity contribution in [2.24, 2.45) is 28.6 Å². The number of carbonyl (C=O) groups excluding carboxylic acids is 1. The second-order valence-electron chi connectivity index (χ2n) is 7.35.